The van der Waals surface area contributed by atoms with E-state index in [4.69, 9.17) is 14.2 Å². The van der Waals surface area contributed by atoms with Gasteiger partial charge in [0.1, 0.15) is 0 Å². The topological polar surface area (TPSA) is 51.2 Å². The maximum absolute atomic E-state index is 10.1. The molecule has 1 aliphatic rings. The number of aliphatic hydroxyl groups excluding tert-OH is 1. The number of nitrogens with zero attached hydrogens (tertiary/aromatic N) is 1. The molecule has 1 unspecified atom stereocenters. The van der Waals surface area contributed by atoms with Crippen molar-refractivity contribution in [3.63, 3.8) is 0 Å². The quantitative estimate of drug-likeness (QED) is 0.877. The highest BCUT2D eigenvalue weighted by Crippen LogP contribution is 2.45. The highest BCUT2D eigenvalue weighted by molar-refractivity contribution is 5.60. The molecular weight excluding hydrogens is 234 g/mol. The lowest BCUT2D eigenvalue weighted by atomic mass is 9.95. The molecule has 0 aromatic heterocycles. The second kappa shape index (κ2) is 5.04. The van der Waals surface area contributed by atoms with Crippen molar-refractivity contribution in [1.82, 2.24) is 4.90 Å². The van der Waals surface area contributed by atoms with Gasteiger partial charge in [0.15, 0.2) is 11.5 Å². The fourth-order valence-electron chi connectivity index (χ4n) is 2.42. The van der Waals surface area contributed by atoms with Gasteiger partial charge in [0.05, 0.1) is 27.4 Å². The fourth-order valence-corrected chi connectivity index (χ4v) is 2.42. The van der Waals surface area contributed by atoms with E-state index in [0.717, 1.165) is 17.7 Å². The summed E-state index contributed by atoms with van der Waals surface area (Å²) in [7, 11) is 6.71. The number of likely N-dealkylation sites (N-methyl/N-ethyl adjacent to an activating group) is 1. The van der Waals surface area contributed by atoms with Crippen LogP contribution in [-0.4, -0.2) is 44.9 Å². The molecule has 5 nitrogen and oxygen atoms in total. The standard InChI is InChI=1S/C13H19NO4/c1-14-6-9-8(10(15)7-14)5-11(16-2)13(18-4)12(9)17-3/h5,10,15H,6-7H2,1-4H3. The van der Waals surface area contributed by atoms with Gasteiger partial charge in [0.2, 0.25) is 5.75 Å². The Balaban J connectivity index is 2.64. The summed E-state index contributed by atoms with van der Waals surface area (Å²) in [5, 5.41) is 10.1. The Hall–Kier alpha value is -1.46. The first-order valence-corrected chi connectivity index (χ1v) is 5.80. The monoisotopic (exact) mass is 253 g/mol. The van der Waals surface area contributed by atoms with E-state index in [1.54, 1.807) is 21.3 Å². The number of rotatable bonds is 3. The molecule has 100 valence electrons. The first kappa shape index (κ1) is 13.0. The lowest BCUT2D eigenvalue weighted by Crippen LogP contribution is -2.30. The third-order valence-electron chi connectivity index (χ3n) is 3.24. The van der Waals surface area contributed by atoms with Crippen LogP contribution in [0.15, 0.2) is 6.07 Å². The van der Waals surface area contributed by atoms with Crippen LogP contribution in [0.5, 0.6) is 17.2 Å². The van der Waals surface area contributed by atoms with E-state index in [9.17, 15) is 5.11 Å². The number of hydrogen-bond donors (Lipinski definition) is 1. The van der Waals surface area contributed by atoms with Crippen LogP contribution in [0.2, 0.25) is 0 Å². The van der Waals surface area contributed by atoms with Crippen molar-refractivity contribution in [3.8, 4) is 17.2 Å². The van der Waals surface area contributed by atoms with E-state index in [-0.39, 0.29) is 0 Å². The summed E-state index contributed by atoms with van der Waals surface area (Å²) >= 11 is 0. The molecule has 1 aromatic rings. The number of ether oxygens (including phenoxy) is 3. The summed E-state index contributed by atoms with van der Waals surface area (Å²) in [5.41, 5.74) is 1.80. The highest BCUT2D eigenvalue weighted by Gasteiger charge is 2.29. The molecule has 0 saturated heterocycles. The molecule has 18 heavy (non-hydrogen) atoms. The largest absolute Gasteiger partial charge is 0.493 e. The lowest BCUT2D eigenvalue weighted by Gasteiger charge is -2.31. The predicted octanol–water partition coefficient (Wildman–Crippen LogP) is 1.19. The Morgan fingerprint density at radius 2 is 1.83 bits per heavy atom. The van der Waals surface area contributed by atoms with Gasteiger partial charge in [0, 0.05) is 18.7 Å². The Morgan fingerprint density at radius 1 is 1.17 bits per heavy atom. The second-order valence-electron chi connectivity index (χ2n) is 4.43. The molecule has 1 aliphatic heterocycles. The van der Waals surface area contributed by atoms with Crippen LogP contribution < -0.4 is 14.2 Å². The van der Waals surface area contributed by atoms with Crippen LogP contribution in [0.25, 0.3) is 0 Å². The zero-order valence-electron chi connectivity index (χ0n) is 11.2. The van der Waals surface area contributed by atoms with Crippen molar-refractivity contribution in [1.29, 1.82) is 0 Å². The Kier molecular flexibility index (Phi) is 3.63. The average Bonchev–Trinajstić information content (AvgIpc) is 2.36. The summed E-state index contributed by atoms with van der Waals surface area (Å²) in [6, 6.07) is 1.83. The predicted molar refractivity (Wildman–Crippen MR) is 67.4 cm³/mol. The second-order valence-corrected chi connectivity index (χ2v) is 4.43. The minimum atomic E-state index is -0.535. The first-order valence-electron chi connectivity index (χ1n) is 5.80. The zero-order chi connectivity index (χ0) is 13.3. The van der Waals surface area contributed by atoms with E-state index in [1.807, 2.05) is 18.0 Å². The van der Waals surface area contributed by atoms with Crippen molar-refractivity contribution < 1.29 is 19.3 Å². The molecule has 5 heteroatoms. The van der Waals surface area contributed by atoms with Gasteiger partial charge in [-0.25, -0.2) is 0 Å². The van der Waals surface area contributed by atoms with Crippen molar-refractivity contribution in [3.05, 3.63) is 17.2 Å². The van der Waals surface area contributed by atoms with E-state index in [1.165, 1.54) is 0 Å². The highest BCUT2D eigenvalue weighted by atomic mass is 16.5. The third kappa shape index (κ3) is 2.00. The van der Waals surface area contributed by atoms with E-state index >= 15 is 0 Å². The van der Waals surface area contributed by atoms with Gasteiger partial charge in [0.25, 0.3) is 0 Å². The minimum Gasteiger partial charge on any atom is -0.493 e. The van der Waals surface area contributed by atoms with Crippen LogP contribution >= 0.6 is 0 Å². The maximum atomic E-state index is 10.1. The van der Waals surface area contributed by atoms with Gasteiger partial charge >= 0.3 is 0 Å². The minimum absolute atomic E-state index is 0.535. The molecule has 0 aliphatic carbocycles. The number of β-amino-alcohol motifs (C(OH)–C–C–N with tert-alkyl or cyclic N) is 1. The van der Waals surface area contributed by atoms with Gasteiger partial charge in [-0.2, -0.15) is 0 Å². The molecule has 1 aromatic carbocycles. The summed E-state index contributed by atoms with van der Waals surface area (Å²) in [6.07, 6.45) is -0.535. The Bertz CT molecular complexity index is 447. The normalized spacial score (nSPS) is 19.3. The summed E-state index contributed by atoms with van der Waals surface area (Å²) < 4.78 is 16.1. The van der Waals surface area contributed by atoms with Gasteiger partial charge in [-0.1, -0.05) is 0 Å². The number of fused-ring (bicyclic) bond motifs is 1. The number of hydrogen-bond acceptors (Lipinski definition) is 5. The molecular formula is C13H19NO4. The van der Waals surface area contributed by atoms with E-state index in [2.05, 4.69) is 0 Å². The maximum Gasteiger partial charge on any atom is 0.203 e. The van der Waals surface area contributed by atoms with Crippen LogP contribution in [0.1, 0.15) is 17.2 Å². The molecule has 0 radical (unpaired) electrons. The molecule has 2 rings (SSSR count). The smallest absolute Gasteiger partial charge is 0.203 e. The van der Waals surface area contributed by atoms with Gasteiger partial charge in [-0.05, 0) is 18.7 Å². The van der Waals surface area contributed by atoms with Crippen LogP contribution in [0.4, 0.5) is 0 Å². The van der Waals surface area contributed by atoms with Crippen molar-refractivity contribution >= 4 is 0 Å². The molecule has 0 saturated carbocycles. The van der Waals surface area contributed by atoms with E-state index < -0.39 is 6.10 Å². The number of methoxy groups -OCH3 is 3. The first-order chi connectivity index (χ1) is 8.62. The van der Waals surface area contributed by atoms with Crippen molar-refractivity contribution in [2.75, 3.05) is 34.9 Å². The van der Waals surface area contributed by atoms with Crippen molar-refractivity contribution in [2.45, 2.75) is 12.6 Å². The SMILES string of the molecule is COc1cc2c(c(OC)c1OC)CN(C)CC2O. The third-order valence-corrected chi connectivity index (χ3v) is 3.24. The average molecular weight is 253 g/mol. The molecule has 0 fully saturated rings. The number of aliphatic hydroxyl groups is 1. The molecule has 0 amide bonds. The number of benzene rings is 1. The van der Waals surface area contributed by atoms with Crippen LogP contribution in [-0.2, 0) is 6.54 Å². The van der Waals surface area contributed by atoms with Crippen LogP contribution in [0.3, 0.4) is 0 Å². The summed E-state index contributed by atoms with van der Waals surface area (Å²) in [6.45, 7) is 1.32. The molecule has 0 spiro atoms. The molecule has 1 atom stereocenters. The molecule has 0 bridgehead atoms. The van der Waals surface area contributed by atoms with Gasteiger partial charge < -0.3 is 19.3 Å². The summed E-state index contributed by atoms with van der Waals surface area (Å²) in [5.74, 6) is 1.79. The lowest BCUT2D eigenvalue weighted by molar-refractivity contribution is 0.106. The fraction of sp³-hybridized carbons (Fsp3) is 0.538. The van der Waals surface area contributed by atoms with Gasteiger partial charge in [-0.3, -0.25) is 4.90 Å². The van der Waals surface area contributed by atoms with Crippen LogP contribution in [0, 0.1) is 0 Å². The van der Waals surface area contributed by atoms with Crippen molar-refractivity contribution in [2.24, 2.45) is 0 Å². The molecule has 1 N–H and O–H groups in total. The zero-order valence-corrected chi connectivity index (χ0v) is 11.2. The Labute approximate surface area is 107 Å². The molecule has 1 heterocycles. The Morgan fingerprint density at radius 3 is 2.39 bits per heavy atom. The van der Waals surface area contributed by atoms with Gasteiger partial charge in [-0.15, -0.1) is 0 Å². The summed E-state index contributed by atoms with van der Waals surface area (Å²) in [4.78, 5) is 2.04. The van der Waals surface area contributed by atoms with E-state index in [0.29, 0.717) is 23.8 Å².